The van der Waals surface area contributed by atoms with E-state index >= 15 is 0 Å². The maximum absolute atomic E-state index is 10.4. The van der Waals surface area contributed by atoms with E-state index in [4.69, 9.17) is 0 Å². The molecule has 0 radical (unpaired) electrons. The van der Waals surface area contributed by atoms with Gasteiger partial charge in [-0.1, -0.05) is 26.2 Å². The lowest BCUT2D eigenvalue weighted by Gasteiger charge is -2.36. The molecule has 3 heteroatoms. The Balaban J connectivity index is 1.97. The Kier molecular flexibility index (Phi) is 4.23. The van der Waals surface area contributed by atoms with Crippen LogP contribution in [0.3, 0.4) is 0 Å². The minimum Gasteiger partial charge on any atom is -0.390 e. The summed E-state index contributed by atoms with van der Waals surface area (Å²) in [6.07, 6.45) is 5.81. The largest absolute Gasteiger partial charge is 0.390 e. The summed E-state index contributed by atoms with van der Waals surface area (Å²) >= 11 is 1.75. The van der Waals surface area contributed by atoms with Crippen molar-refractivity contribution in [3.63, 3.8) is 0 Å². The number of hydrogen-bond donors (Lipinski definition) is 2. The van der Waals surface area contributed by atoms with Crippen LogP contribution in [0.1, 0.15) is 48.8 Å². The van der Waals surface area contributed by atoms with Gasteiger partial charge in [-0.25, -0.2) is 0 Å². The van der Waals surface area contributed by atoms with E-state index in [1.165, 1.54) is 16.2 Å². The molecule has 0 amide bonds. The van der Waals surface area contributed by atoms with Crippen LogP contribution in [0.25, 0.3) is 0 Å². The molecule has 17 heavy (non-hydrogen) atoms. The van der Waals surface area contributed by atoms with Crippen molar-refractivity contribution in [1.29, 1.82) is 0 Å². The molecular formula is C14H22O2S. The third kappa shape index (κ3) is 3.09. The predicted molar refractivity (Wildman–Crippen MR) is 71.4 cm³/mol. The molecule has 1 unspecified atom stereocenters. The average molecular weight is 254 g/mol. The van der Waals surface area contributed by atoms with Gasteiger partial charge in [-0.15, -0.1) is 11.3 Å². The van der Waals surface area contributed by atoms with Gasteiger partial charge in [0.05, 0.1) is 11.7 Å². The van der Waals surface area contributed by atoms with Crippen molar-refractivity contribution in [1.82, 2.24) is 0 Å². The second-order valence-corrected chi connectivity index (χ2v) is 6.36. The summed E-state index contributed by atoms with van der Waals surface area (Å²) in [4.78, 5) is 2.54. The van der Waals surface area contributed by atoms with E-state index in [9.17, 15) is 10.2 Å². The molecule has 1 aliphatic carbocycles. The van der Waals surface area contributed by atoms with Crippen molar-refractivity contribution < 1.29 is 10.2 Å². The molecule has 1 aromatic rings. The van der Waals surface area contributed by atoms with Gasteiger partial charge in [-0.3, -0.25) is 0 Å². The molecule has 1 heterocycles. The van der Waals surface area contributed by atoms with Crippen molar-refractivity contribution >= 4 is 11.3 Å². The summed E-state index contributed by atoms with van der Waals surface area (Å²) in [6.45, 7) is 2.14. The maximum atomic E-state index is 10.4. The highest BCUT2D eigenvalue weighted by Gasteiger charge is 2.36. The molecule has 2 N–H and O–H groups in total. The summed E-state index contributed by atoms with van der Waals surface area (Å²) in [5.41, 5.74) is -0.839. The number of thiophene rings is 1. The third-order valence-corrected chi connectivity index (χ3v) is 5.05. The number of aryl methyl sites for hydroxylation is 1. The molecule has 1 aliphatic rings. The van der Waals surface area contributed by atoms with Crippen LogP contribution in [0.2, 0.25) is 0 Å². The molecule has 1 saturated carbocycles. The second kappa shape index (κ2) is 5.51. The lowest BCUT2D eigenvalue weighted by atomic mass is 9.79. The van der Waals surface area contributed by atoms with E-state index in [0.717, 1.165) is 32.1 Å². The van der Waals surface area contributed by atoms with Gasteiger partial charge in [0, 0.05) is 16.2 Å². The Morgan fingerprint density at radius 2 is 1.88 bits per heavy atom. The van der Waals surface area contributed by atoms with E-state index in [1.54, 1.807) is 11.3 Å². The van der Waals surface area contributed by atoms with Gasteiger partial charge in [0.1, 0.15) is 0 Å². The average Bonchev–Trinajstić information content (AvgIpc) is 2.78. The van der Waals surface area contributed by atoms with Crippen molar-refractivity contribution in [2.75, 3.05) is 0 Å². The topological polar surface area (TPSA) is 40.5 Å². The smallest absolute Gasteiger partial charge is 0.0909 e. The number of hydrogen-bond acceptors (Lipinski definition) is 3. The lowest BCUT2D eigenvalue weighted by molar-refractivity contribution is -0.0957. The molecular weight excluding hydrogens is 232 g/mol. The zero-order valence-electron chi connectivity index (χ0n) is 10.5. The first-order chi connectivity index (χ1) is 8.14. The summed E-state index contributed by atoms with van der Waals surface area (Å²) in [5.74, 6) is 0. The van der Waals surface area contributed by atoms with Gasteiger partial charge in [-0.2, -0.15) is 0 Å². The van der Waals surface area contributed by atoms with Crippen molar-refractivity contribution in [2.45, 2.75) is 63.6 Å². The summed E-state index contributed by atoms with van der Waals surface area (Å²) < 4.78 is 0. The SMILES string of the molecule is CCc1ccc(CC(O)C2(O)CCCCC2)s1. The van der Waals surface area contributed by atoms with Crippen molar-refractivity contribution in [2.24, 2.45) is 0 Å². The second-order valence-electron chi connectivity index (χ2n) is 5.11. The molecule has 1 fully saturated rings. The quantitative estimate of drug-likeness (QED) is 0.867. The van der Waals surface area contributed by atoms with Crippen LogP contribution in [0, 0.1) is 0 Å². The molecule has 0 spiro atoms. The normalized spacial score (nSPS) is 21.4. The Morgan fingerprint density at radius 1 is 1.24 bits per heavy atom. The van der Waals surface area contributed by atoms with E-state index in [0.29, 0.717) is 6.42 Å². The Morgan fingerprint density at radius 3 is 2.47 bits per heavy atom. The minimum absolute atomic E-state index is 0.598. The monoisotopic (exact) mass is 254 g/mol. The maximum Gasteiger partial charge on any atom is 0.0909 e. The summed E-state index contributed by atoms with van der Waals surface area (Å²) in [6, 6.07) is 4.20. The molecule has 1 aromatic heterocycles. The zero-order valence-corrected chi connectivity index (χ0v) is 11.3. The Bertz CT molecular complexity index is 353. The van der Waals surface area contributed by atoms with Crippen LogP contribution in [0.5, 0.6) is 0 Å². The fraction of sp³-hybridized carbons (Fsp3) is 0.714. The van der Waals surface area contributed by atoms with E-state index in [2.05, 4.69) is 19.1 Å². The third-order valence-electron chi connectivity index (χ3n) is 3.80. The molecule has 96 valence electrons. The van der Waals surface area contributed by atoms with E-state index in [1.807, 2.05) is 0 Å². The van der Waals surface area contributed by atoms with Gasteiger partial charge in [0.2, 0.25) is 0 Å². The highest BCUT2D eigenvalue weighted by atomic mass is 32.1. The molecule has 0 aliphatic heterocycles. The molecule has 0 saturated heterocycles. The minimum atomic E-state index is -0.839. The molecule has 1 atom stereocenters. The number of aliphatic hydroxyl groups excluding tert-OH is 1. The van der Waals surface area contributed by atoms with Crippen LogP contribution in [0.15, 0.2) is 12.1 Å². The van der Waals surface area contributed by atoms with Gasteiger partial charge < -0.3 is 10.2 Å². The molecule has 0 bridgehead atoms. The zero-order chi connectivity index (χ0) is 12.3. The van der Waals surface area contributed by atoms with Crippen molar-refractivity contribution in [3.05, 3.63) is 21.9 Å². The van der Waals surface area contributed by atoms with Gasteiger partial charge in [-0.05, 0) is 31.4 Å². The van der Waals surface area contributed by atoms with Crippen LogP contribution < -0.4 is 0 Å². The van der Waals surface area contributed by atoms with Gasteiger partial charge in [0.25, 0.3) is 0 Å². The number of aliphatic hydroxyl groups is 2. The van der Waals surface area contributed by atoms with E-state index in [-0.39, 0.29) is 0 Å². The predicted octanol–water partition coefficient (Wildman–Crippen LogP) is 2.91. The van der Waals surface area contributed by atoms with Gasteiger partial charge in [0.15, 0.2) is 0 Å². The fourth-order valence-corrected chi connectivity index (χ4v) is 3.59. The Hall–Kier alpha value is -0.380. The first-order valence-corrected chi connectivity index (χ1v) is 7.44. The standard InChI is InChI=1S/C14H22O2S/c1-2-11-6-7-12(17-11)10-13(15)14(16)8-4-3-5-9-14/h6-7,13,15-16H,2-5,8-10H2,1H3. The number of rotatable bonds is 4. The highest BCUT2D eigenvalue weighted by molar-refractivity contribution is 7.11. The molecule has 0 aromatic carbocycles. The van der Waals surface area contributed by atoms with Crippen LogP contribution in [0.4, 0.5) is 0 Å². The van der Waals surface area contributed by atoms with Crippen LogP contribution >= 0.6 is 11.3 Å². The van der Waals surface area contributed by atoms with Gasteiger partial charge >= 0.3 is 0 Å². The highest BCUT2D eigenvalue weighted by Crippen LogP contribution is 2.33. The fourth-order valence-electron chi connectivity index (χ4n) is 2.60. The summed E-state index contributed by atoms with van der Waals surface area (Å²) in [7, 11) is 0. The van der Waals surface area contributed by atoms with Crippen LogP contribution in [-0.4, -0.2) is 21.9 Å². The van der Waals surface area contributed by atoms with E-state index < -0.39 is 11.7 Å². The molecule has 2 nitrogen and oxygen atoms in total. The van der Waals surface area contributed by atoms with Crippen LogP contribution in [-0.2, 0) is 12.8 Å². The molecule has 2 rings (SSSR count). The lowest BCUT2D eigenvalue weighted by Crippen LogP contribution is -2.44. The summed E-state index contributed by atoms with van der Waals surface area (Å²) in [5, 5.41) is 20.6. The Labute approximate surface area is 107 Å². The first kappa shape index (κ1) is 13.1. The van der Waals surface area contributed by atoms with Crippen molar-refractivity contribution in [3.8, 4) is 0 Å². The first-order valence-electron chi connectivity index (χ1n) is 6.62.